The Kier molecular flexibility index (Phi) is 4.90. The smallest absolute Gasteiger partial charge is 0.339 e. The molecular formula is C17H18ClNO5S. The van der Waals surface area contributed by atoms with Crippen LogP contribution in [0.5, 0.6) is 5.75 Å². The Bertz CT molecular complexity index is 954. The normalized spacial score (nSPS) is 18.4. The van der Waals surface area contributed by atoms with Crippen molar-refractivity contribution < 1.29 is 17.6 Å². The molecule has 0 aliphatic carbocycles. The van der Waals surface area contributed by atoms with Crippen LogP contribution in [0, 0.1) is 13.8 Å². The molecule has 0 saturated carbocycles. The average Bonchev–Trinajstić information content (AvgIpc) is 2.98. The first-order valence-electron chi connectivity index (χ1n) is 7.80. The molecule has 6 nitrogen and oxygen atoms in total. The van der Waals surface area contributed by atoms with Gasteiger partial charge in [-0.2, -0.15) is 4.31 Å². The van der Waals surface area contributed by atoms with E-state index in [0.717, 1.165) is 0 Å². The first-order chi connectivity index (χ1) is 11.8. The van der Waals surface area contributed by atoms with Gasteiger partial charge in [0.25, 0.3) is 0 Å². The molecule has 134 valence electrons. The third kappa shape index (κ3) is 3.89. The Labute approximate surface area is 151 Å². The summed E-state index contributed by atoms with van der Waals surface area (Å²) in [4.78, 5) is 11.6. The number of sulfonamides is 1. The zero-order valence-electron chi connectivity index (χ0n) is 13.9. The molecule has 1 aromatic carbocycles. The molecule has 8 heteroatoms. The lowest BCUT2D eigenvalue weighted by atomic mass is 10.2. The number of ether oxygens (including phenoxy) is 1. The second-order valence-electron chi connectivity index (χ2n) is 6.02. The van der Waals surface area contributed by atoms with Gasteiger partial charge in [0.1, 0.15) is 17.6 Å². The van der Waals surface area contributed by atoms with E-state index in [2.05, 4.69) is 0 Å². The van der Waals surface area contributed by atoms with E-state index in [1.807, 2.05) is 0 Å². The van der Waals surface area contributed by atoms with Gasteiger partial charge in [-0.05, 0) is 38.0 Å². The zero-order valence-corrected chi connectivity index (χ0v) is 15.4. The predicted molar refractivity (Wildman–Crippen MR) is 93.7 cm³/mol. The van der Waals surface area contributed by atoms with Gasteiger partial charge < -0.3 is 9.15 Å². The third-order valence-corrected chi connectivity index (χ3v) is 6.29. The van der Waals surface area contributed by atoms with Crippen molar-refractivity contribution in [3.05, 3.63) is 57.1 Å². The SMILES string of the molecule is Cc1cc(OC2CCN(S(=O)(=O)c3cc(Cl)ccc3C)C2)cc(=O)o1. The summed E-state index contributed by atoms with van der Waals surface area (Å²) in [6.07, 6.45) is 0.216. The Morgan fingerprint density at radius 1 is 1.24 bits per heavy atom. The Balaban J connectivity index is 1.78. The number of rotatable bonds is 4. The summed E-state index contributed by atoms with van der Waals surface area (Å²) in [6, 6.07) is 7.68. The number of hydrogen-bond donors (Lipinski definition) is 0. The van der Waals surface area contributed by atoms with E-state index in [1.54, 1.807) is 32.0 Å². The fourth-order valence-electron chi connectivity index (χ4n) is 2.84. The molecule has 25 heavy (non-hydrogen) atoms. The minimum absolute atomic E-state index is 0.205. The monoisotopic (exact) mass is 383 g/mol. The molecule has 1 fully saturated rings. The quantitative estimate of drug-likeness (QED) is 0.811. The van der Waals surface area contributed by atoms with Crippen molar-refractivity contribution in [1.82, 2.24) is 4.31 Å². The maximum absolute atomic E-state index is 12.9. The van der Waals surface area contributed by atoms with Gasteiger partial charge in [-0.25, -0.2) is 13.2 Å². The summed E-state index contributed by atoms with van der Waals surface area (Å²) in [5.74, 6) is 0.830. The van der Waals surface area contributed by atoms with Crippen LogP contribution in [0.25, 0.3) is 0 Å². The lowest BCUT2D eigenvalue weighted by Crippen LogP contribution is -2.31. The van der Waals surface area contributed by atoms with Crippen molar-refractivity contribution >= 4 is 21.6 Å². The summed E-state index contributed by atoms with van der Waals surface area (Å²) >= 11 is 5.95. The van der Waals surface area contributed by atoms with Crippen LogP contribution >= 0.6 is 11.6 Å². The molecule has 1 aromatic heterocycles. The molecule has 1 atom stereocenters. The highest BCUT2D eigenvalue weighted by molar-refractivity contribution is 7.89. The molecule has 3 rings (SSSR count). The van der Waals surface area contributed by atoms with Crippen LogP contribution in [0.1, 0.15) is 17.7 Å². The van der Waals surface area contributed by atoms with E-state index >= 15 is 0 Å². The average molecular weight is 384 g/mol. The van der Waals surface area contributed by atoms with Crippen LogP contribution in [-0.2, 0) is 10.0 Å². The maximum atomic E-state index is 12.9. The number of hydrogen-bond acceptors (Lipinski definition) is 5. The van der Waals surface area contributed by atoms with E-state index in [9.17, 15) is 13.2 Å². The number of halogens is 1. The van der Waals surface area contributed by atoms with Crippen LogP contribution < -0.4 is 10.4 Å². The molecule has 0 amide bonds. The lowest BCUT2D eigenvalue weighted by molar-refractivity contribution is 0.213. The lowest BCUT2D eigenvalue weighted by Gasteiger charge is -2.18. The maximum Gasteiger partial charge on any atom is 0.339 e. The minimum atomic E-state index is -3.64. The summed E-state index contributed by atoms with van der Waals surface area (Å²) in [7, 11) is -3.64. The topological polar surface area (TPSA) is 76.8 Å². The van der Waals surface area contributed by atoms with Gasteiger partial charge in [-0.15, -0.1) is 0 Å². The standard InChI is InChI=1S/C17H18ClNO5S/c1-11-3-4-13(18)8-16(11)25(21,22)19-6-5-14(10-19)24-15-7-12(2)23-17(20)9-15/h3-4,7-9,14H,5-6,10H2,1-2H3. The van der Waals surface area contributed by atoms with Gasteiger partial charge in [0.15, 0.2) is 0 Å². The highest BCUT2D eigenvalue weighted by Gasteiger charge is 2.34. The van der Waals surface area contributed by atoms with E-state index < -0.39 is 15.6 Å². The summed E-state index contributed by atoms with van der Waals surface area (Å²) < 4.78 is 37.7. The van der Waals surface area contributed by atoms with Gasteiger partial charge in [-0.1, -0.05) is 17.7 Å². The van der Waals surface area contributed by atoms with Gasteiger partial charge in [0.2, 0.25) is 10.0 Å². The molecule has 1 unspecified atom stereocenters. The van der Waals surface area contributed by atoms with E-state index in [4.69, 9.17) is 20.8 Å². The molecule has 0 N–H and O–H groups in total. The largest absolute Gasteiger partial charge is 0.489 e. The molecule has 2 heterocycles. The van der Waals surface area contributed by atoms with Gasteiger partial charge >= 0.3 is 5.63 Å². The van der Waals surface area contributed by atoms with Gasteiger partial charge in [-0.3, -0.25) is 0 Å². The van der Waals surface area contributed by atoms with Crippen LogP contribution in [0.2, 0.25) is 5.02 Å². The fourth-order valence-corrected chi connectivity index (χ4v) is 4.81. The second kappa shape index (κ2) is 6.82. The molecule has 1 aliphatic rings. The number of nitrogens with zero attached hydrogens (tertiary/aromatic N) is 1. The summed E-state index contributed by atoms with van der Waals surface area (Å²) in [5.41, 5.74) is 0.150. The van der Waals surface area contributed by atoms with Crippen molar-refractivity contribution in [3.63, 3.8) is 0 Å². The highest BCUT2D eigenvalue weighted by Crippen LogP contribution is 2.27. The van der Waals surface area contributed by atoms with E-state index in [-0.39, 0.29) is 17.5 Å². The predicted octanol–water partition coefficient (Wildman–Crippen LogP) is 2.75. The van der Waals surface area contributed by atoms with Crippen molar-refractivity contribution in [3.8, 4) is 5.75 Å². The van der Waals surface area contributed by atoms with Crippen LogP contribution in [-0.4, -0.2) is 31.9 Å². The molecule has 2 aromatic rings. The molecule has 0 bridgehead atoms. The van der Waals surface area contributed by atoms with Crippen molar-refractivity contribution in [1.29, 1.82) is 0 Å². The molecule has 0 spiro atoms. The van der Waals surface area contributed by atoms with Crippen LogP contribution in [0.4, 0.5) is 0 Å². The first-order valence-corrected chi connectivity index (χ1v) is 9.62. The first kappa shape index (κ1) is 18.0. The summed E-state index contributed by atoms with van der Waals surface area (Å²) in [6.45, 7) is 3.95. The van der Waals surface area contributed by atoms with Crippen LogP contribution in [0.3, 0.4) is 0 Å². The van der Waals surface area contributed by atoms with E-state index in [1.165, 1.54) is 16.4 Å². The van der Waals surface area contributed by atoms with Crippen LogP contribution in [0.15, 0.2) is 44.4 Å². The molecule has 1 saturated heterocycles. The zero-order chi connectivity index (χ0) is 18.2. The van der Waals surface area contributed by atoms with Crippen molar-refractivity contribution in [2.75, 3.05) is 13.1 Å². The molecule has 1 aliphatic heterocycles. The Morgan fingerprint density at radius 2 is 2.00 bits per heavy atom. The highest BCUT2D eigenvalue weighted by atomic mass is 35.5. The summed E-state index contributed by atoms with van der Waals surface area (Å²) in [5, 5.41) is 0.377. The van der Waals surface area contributed by atoms with Crippen molar-refractivity contribution in [2.45, 2.75) is 31.3 Å². The molecular weight excluding hydrogens is 366 g/mol. The van der Waals surface area contributed by atoms with Gasteiger partial charge in [0, 0.05) is 17.6 Å². The van der Waals surface area contributed by atoms with Gasteiger partial charge in [0.05, 0.1) is 17.5 Å². The van der Waals surface area contributed by atoms with E-state index in [0.29, 0.717) is 35.1 Å². The number of aryl methyl sites for hydroxylation is 2. The molecule has 0 radical (unpaired) electrons. The Hall–Kier alpha value is -1.83. The Morgan fingerprint density at radius 3 is 2.72 bits per heavy atom. The number of benzene rings is 1. The minimum Gasteiger partial charge on any atom is -0.489 e. The fraction of sp³-hybridized carbons (Fsp3) is 0.353. The second-order valence-corrected chi connectivity index (χ2v) is 8.37. The third-order valence-electron chi connectivity index (χ3n) is 4.05. The van der Waals surface area contributed by atoms with Crippen molar-refractivity contribution in [2.24, 2.45) is 0 Å².